The summed E-state index contributed by atoms with van der Waals surface area (Å²) in [6, 6.07) is 7.67. The topological polar surface area (TPSA) is 70.7 Å². The number of guanidine groups is 1. The van der Waals surface area contributed by atoms with Crippen LogP contribution in [-0.4, -0.2) is 41.4 Å². The van der Waals surface area contributed by atoms with E-state index < -0.39 is 0 Å². The van der Waals surface area contributed by atoms with Crippen molar-refractivity contribution in [1.29, 1.82) is 0 Å². The van der Waals surface area contributed by atoms with E-state index in [1.165, 1.54) is 6.92 Å². The van der Waals surface area contributed by atoms with Crippen molar-refractivity contribution in [2.24, 2.45) is 10.7 Å². The first kappa shape index (κ1) is 18.1. The molecule has 1 aliphatic rings. The molecule has 1 aromatic carbocycles. The van der Waals surface area contributed by atoms with E-state index in [9.17, 15) is 4.79 Å². The van der Waals surface area contributed by atoms with Gasteiger partial charge >= 0.3 is 0 Å². The molecule has 0 spiro atoms. The first-order chi connectivity index (χ1) is 9.65. The number of nitrogens with zero attached hydrogens (tertiary/aromatic N) is 2. The highest BCUT2D eigenvalue weighted by Gasteiger charge is 2.11. The first-order valence-electron chi connectivity index (χ1n) is 6.64. The van der Waals surface area contributed by atoms with Crippen molar-refractivity contribution in [3.8, 4) is 0 Å². The van der Waals surface area contributed by atoms with Crippen LogP contribution in [0.3, 0.4) is 0 Å². The number of nitrogens with two attached hydrogens (primary N) is 1. The fourth-order valence-corrected chi connectivity index (χ4v) is 2.92. The zero-order valence-electron chi connectivity index (χ0n) is 12.0. The van der Waals surface area contributed by atoms with E-state index in [-0.39, 0.29) is 29.9 Å². The Balaban J connectivity index is 0.00000220. The predicted molar refractivity (Wildman–Crippen MR) is 100 cm³/mol. The zero-order valence-corrected chi connectivity index (χ0v) is 15.2. The van der Waals surface area contributed by atoms with Crippen molar-refractivity contribution in [3.63, 3.8) is 0 Å². The lowest BCUT2D eigenvalue weighted by atomic mass is 10.2. The zero-order chi connectivity index (χ0) is 14.4. The summed E-state index contributed by atoms with van der Waals surface area (Å²) in [6.07, 6.45) is 0. The molecule has 0 radical (unpaired) electrons. The highest BCUT2D eigenvalue weighted by molar-refractivity contribution is 14.0. The molecular weight excluding hydrogens is 399 g/mol. The van der Waals surface area contributed by atoms with Gasteiger partial charge in [-0.05, 0) is 17.7 Å². The second-order valence-electron chi connectivity index (χ2n) is 4.66. The molecule has 0 aliphatic carbocycles. The van der Waals surface area contributed by atoms with Crippen LogP contribution in [0.1, 0.15) is 12.5 Å². The van der Waals surface area contributed by atoms with Crippen molar-refractivity contribution < 1.29 is 4.79 Å². The number of amides is 1. The Morgan fingerprint density at radius 2 is 2.14 bits per heavy atom. The van der Waals surface area contributed by atoms with Gasteiger partial charge in [0, 0.05) is 37.2 Å². The third-order valence-corrected chi connectivity index (χ3v) is 3.95. The molecule has 1 aliphatic heterocycles. The van der Waals surface area contributed by atoms with E-state index in [0.29, 0.717) is 12.5 Å². The van der Waals surface area contributed by atoms with Gasteiger partial charge in [-0.2, -0.15) is 11.8 Å². The van der Waals surface area contributed by atoms with Crippen LogP contribution in [0.4, 0.5) is 5.69 Å². The monoisotopic (exact) mass is 420 g/mol. The maximum atomic E-state index is 11.0. The molecule has 2 rings (SSSR count). The molecule has 1 aromatic rings. The molecule has 1 heterocycles. The molecular formula is C14H21IN4OS. The van der Waals surface area contributed by atoms with Crippen molar-refractivity contribution in [2.75, 3.05) is 29.9 Å². The van der Waals surface area contributed by atoms with Crippen LogP contribution in [0.2, 0.25) is 0 Å². The number of hydrogen-bond acceptors (Lipinski definition) is 3. The van der Waals surface area contributed by atoms with E-state index >= 15 is 0 Å². The van der Waals surface area contributed by atoms with Crippen LogP contribution >= 0.6 is 35.7 Å². The Morgan fingerprint density at radius 1 is 1.43 bits per heavy atom. The Kier molecular flexibility index (Phi) is 7.87. The fraction of sp³-hybridized carbons (Fsp3) is 0.429. The fourth-order valence-electron chi connectivity index (χ4n) is 2.02. The average molecular weight is 420 g/mol. The van der Waals surface area contributed by atoms with E-state index in [1.54, 1.807) is 0 Å². The molecule has 0 saturated carbocycles. The molecule has 0 bridgehead atoms. The Labute approximate surface area is 146 Å². The SMILES string of the molecule is CC(=O)Nc1cccc(CN=C(N)N2CCSCC2)c1.I. The molecule has 21 heavy (non-hydrogen) atoms. The summed E-state index contributed by atoms with van der Waals surface area (Å²) in [4.78, 5) is 17.6. The molecule has 116 valence electrons. The smallest absolute Gasteiger partial charge is 0.221 e. The molecule has 5 nitrogen and oxygen atoms in total. The molecule has 1 fully saturated rings. The van der Waals surface area contributed by atoms with Gasteiger partial charge in [0.2, 0.25) is 5.91 Å². The molecule has 1 amide bonds. The van der Waals surface area contributed by atoms with Gasteiger partial charge in [0.25, 0.3) is 0 Å². The minimum Gasteiger partial charge on any atom is -0.370 e. The maximum absolute atomic E-state index is 11.0. The summed E-state index contributed by atoms with van der Waals surface area (Å²) in [5.41, 5.74) is 7.83. The second kappa shape index (κ2) is 9.14. The number of nitrogens with one attached hydrogen (secondary N) is 1. The van der Waals surface area contributed by atoms with Crippen molar-refractivity contribution in [1.82, 2.24) is 4.90 Å². The van der Waals surface area contributed by atoms with Crippen molar-refractivity contribution in [3.05, 3.63) is 29.8 Å². The maximum Gasteiger partial charge on any atom is 0.221 e. The summed E-state index contributed by atoms with van der Waals surface area (Å²) in [5, 5.41) is 2.76. The minimum atomic E-state index is -0.0732. The Bertz CT molecular complexity index is 504. The summed E-state index contributed by atoms with van der Waals surface area (Å²) >= 11 is 1.95. The Morgan fingerprint density at radius 3 is 2.81 bits per heavy atom. The van der Waals surface area contributed by atoms with E-state index in [1.807, 2.05) is 36.0 Å². The number of thioether (sulfide) groups is 1. The third kappa shape index (κ3) is 6.13. The number of anilines is 1. The van der Waals surface area contributed by atoms with Gasteiger partial charge in [0.1, 0.15) is 0 Å². The highest BCUT2D eigenvalue weighted by Crippen LogP contribution is 2.12. The normalized spacial score (nSPS) is 15.3. The third-order valence-electron chi connectivity index (χ3n) is 3.01. The molecule has 1 saturated heterocycles. The summed E-state index contributed by atoms with van der Waals surface area (Å²) in [7, 11) is 0. The standard InChI is InChI=1S/C14H20N4OS.HI/c1-11(19)17-13-4-2-3-12(9-13)10-16-14(15)18-5-7-20-8-6-18;/h2-4,9H,5-8,10H2,1H3,(H2,15,16)(H,17,19);1H. The number of carbonyl (C=O) groups is 1. The predicted octanol–water partition coefficient (Wildman–Crippen LogP) is 2.13. The molecule has 7 heteroatoms. The summed E-state index contributed by atoms with van der Waals surface area (Å²) in [6.45, 7) is 3.96. The minimum absolute atomic E-state index is 0. The largest absolute Gasteiger partial charge is 0.370 e. The van der Waals surface area contributed by atoms with Crippen LogP contribution in [0.5, 0.6) is 0 Å². The van der Waals surface area contributed by atoms with Crippen LogP contribution < -0.4 is 11.1 Å². The lowest BCUT2D eigenvalue weighted by molar-refractivity contribution is -0.114. The van der Waals surface area contributed by atoms with Gasteiger partial charge in [-0.3, -0.25) is 4.79 Å². The summed E-state index contributed by atoms with van der Waals surface area (Å²) in [5.74, 6) is 2.74. The molecule has 3 N–H and O–H groups in total. The van der Waals surface area contributed by atoms with Gasteiger partial charge in [-0.1, -0.05) is 12.1 Å². The number of hydrogen-bond donors (Lipinski definition) is 2. The second-order valence-corrected chi connectivity index (χ2v) is 5.88. The number of aliphatic imine (C=N–C) groups is 1. The van der Waals surface area contributed by atoms with E-state index in [2.05, 4.69) is 15.2 Å². The quantitative estimate of drug-likeness (QED) is 0.447. The molecule has 0 atom stereocenters. The number of benzene rings is 1. The number of rotatable bonds is 3. The first-order valence-corrected chi connectivity index (χ1v) is 7.80. The Hall–Kier alpha value is -0.960. The number of carbonyl (C=O) groups excluding carboxylic acids is 1. The number of halogens is 1. The average Bonchev–Trinajstić information content (AvgIpc) is 2.45. The lowest BCUT2D eigenvalue weighted by Crippen LogP contribution is -2.42. The van der Waals surface area contributed by atoms with Crippen LogP contribution in [0, 0.1) is 0 Å². The van der Waals surface area contributed by atoms with Crippen molar-refractivity contribution in [2.45, 2.75) is 13.5 Å². The molecule has 0 aromatic heterocycles. The van der Waals surface area contributed by atoms with Gasteiger partial charge in [-0.25, -0.2) is 4.99 Å². The summed E-state index contributed by atoms with van der Waals surface area (Å²) < 4.78 is 0. The van der Waals surface area contributed by atoms with Gasteiger partial charge in [0.15, 0.2) is 5.96 Å². The van der Waals surface area contributed by atoms with Crippen LogP contribution in [-0.2, 0) is 11.3 Å². The molecule has 0 unspecified atom stereocenters. The van der Waals surface area contributed by atoms with Gasteiger partial charge in [-0.15, -0.1) is 24.0 Å². The van der Waals surface area contributed by atoms with Crippen LogP contribution in [0.15, 0.2) is 29.3 Å². The lowest BCUT2D eigenvalue weighted by Gasteiger charge is -2.27. The van der Waals surface area contributed by atoms with Crippen molar-refractivity contribution >= 4 is 53.3 Å². The van der Waals surface area contributed by atoms with Gasteiger partial charge < -0.3 is 16.0 Å². The van der Waals surface area contributed by atoms with E-state index in [0.717, 1.165) is 35.8 Å². The van der Waals surface area contributed by atoms with E-state index in [4.69, 9.17) is 5.73 Å². The highest BCUT2D eigenvalue weighted by atomic mass is 127. The van der Waals surface area contributed by atoms with Gasteiger partial charge in [0.05, 0.1) is 6.54 Å². The van der Waals surface area contributed by atoms with Crippen LogP contribution in [0.25, 0.3) is 0 Å².